The molecule has 2 N–H and O–H groups in total. The van der Waals surface area contributed by atoms with Gasteiger partial charge in [-0.25, -0.2) is 0 Å². The van der Waals surface area contributed by atoms with Gasteiger partial charge in [0.2, 0.25) is 0 Å². The second kappa shape index (κ2) is 5.89. The summed E-state index contributed by atoms with van der Waals surface area (Å²) in [6, 6.07) is 7.92. The number of carbonyl (C=O) groups excluding carboxylic acids is 1. The number of nitrogens with one attached hydrogen (secondary N) is 2. The molecule has 0 saturated heterocycles. The molecule has 0 bridgehead atoms. The van der Waals surface area contributed by atoms with E-state index in [2.05, 4.69) is 45.3 Å². The first kappa shape index (κ1) is 14.6. The fourth-order valence-electron chi connectivity index (χ4n) is 1.56. The largest absolute Gasteiger partial charge is 0.382 e. The molecule has 1 amide bonds. The Morgan fingerprint density at radius 2 is 1.83 bits per heavy atom. The molecule has 1 rings (SSSR count). The molecule has 3 heteroatoms. The molecule has 0 aliphatic rings. The third-order valence-electron chi connectivity index (χ3n) is 2.40. The number of anilines is 1. The van der Waals surface area contributed by atoms with E-state index in [9.17, 15) is 4.79 Å². The zero-order valence-electron chi connectivity index (χ0n) is 12.0. The monoisotopic (exact) mass is 248 g/mol. The Kier molecular flexibility index (Phi) is 4.76. The fraction of sp³-hybridized carbons (Fsp3) is 0.533. The number of para-hydroxylation sites is 1. The molecule has 1 aromatic carbocycles. The average molecular weight is 248 g/mol. The van der Waals surface area contributed by atoms with Crippen LogP contribution in [-0.4, -0.2) is 18.5 Å². The summed E-state index contributed by atoms with van der Waals surface area (Å²) in [7, 11) is 0. The van der Waals surface area contributed by atoms with Crippen LogP contribution in [0.3, 0.4) is 0 Å². The highest BCUT2D eigenvalue weighted by Crippen LogP contribution is 2.17. The molecule has 0 unspecified atom stereocenters. The lowest BCUT2D eigenvalue weighted by Gasteiger charge is -2.20. The molecule has 0 heterocycles. The summed E-state index contributed by atoms with van der Waals surface area (Å²) in [5.74, 6) is -0.0197. The molecule has 0 fully saturated rings. The van der Waals surface area contributed by atoms with E-state index in [4.69, 9.17) is 0 Å². The van der Waals surface area contributed by atoms with E-state index in [1.807, 2.05) is 24.3 Å². The van der Waals surface area contributed by atoms with Crippen LogP contribution >= 0.6 is 0 Å². The third-order valence-corrected chi connectivity index (χ3v) is 2.40. The minimum absolute atomic E-state index is 0.0197. The van der Waals surface area contributed by atoms with E-state index in [0.29, 0.717) is 18.2 Å². The molecule has 0 aliphatic heterocycles. The third kappa shape index (κ3) is 4.78. The van der Waals surface area contributed by atoms with Crippen molar-refractivity contribution < 1.29 is 4.79 Å². The van der Waals surface area contributed by atoms with Gasteiger partial charge in [0, 0.05) is 18.3 Å². The fourth-order valence-corrected chi connectivity index (χ4v) is 1.56. The topological polar surface area (TPSA) is 41.1 Å². The maximum Gasteiger partial charge on any atom is 0.253 e. The second-order valence-electron chi connectivity index (χ2n) is 6.09. The molecule has 1 aromatic rings. The van der Waals surface area contributed by atoms with Crippen molar-refractivity contribution in [3.05, 3.63) is 29.8 Å². The van der Waals surface area contributed by atoms with Crippen molar-refractivity contribution in [2.75, 3.05) is 11.9 Å². The zero-order chi connectivity index (χ0) is 13.8. The first-order valence-corrected chi connectivity index (χ1v) is 6.43. The predicted octanol–water partition coefficient (Wildman–Crippen LogP) is 3.28. The smallest absolute Gasteiger partial charge is 0.253 e. The van der Waals surface area contributed by atoms with Gasteiger partial charge in [0.25, 0.3) is 5.91 Å². The van der Waals surface area contributed by atoms with Gasteiger partial charge in [-0.3, -0.25) is 4.79 Å². The molecular formula is C15H24N2O. The van der Waals surface area contributed by atoms with Crippen LogP contribution in [0.1, 0.15) is 45.0 Å². The van der Waals surface area contributed by atoms with Crippen molar-refractivity contribution >= 4 is 11.6 Å². The van der Waals surface area contributed by atoms with Crippen LogP contribution in [0.25, 0.3) is 0 Å². The lowest BCUT2D eigenvalue weighted by Crippen LogP contribution is -2.32. The van der Waals surface area contributed by atoms with E-state index in [0.717, 1.165) is 5.69 Å². The predicted molar refractivity (Wildman–Crippen MR) is 77.0 cm³/mol. The molecule has 100 valence electrons. The molecule has 0 saturated carbocycles. The van der Waals surface area contributed by atoms with Gasteiger partial charge in [0.1, 0.15) is 0 Å². The van der Waals surface area contributed by atoms with Crippen molar-refractivity contribution in [2.45, 2.75) is 40.7 Å². The Hall–Kier alpha value is -1.51. The lowest BCUT2D eigenvalue weighted by atomic mass is 9.97. The molecule has 0 radical (unpaired) electrons. The Labute approximate surface area is 110 Å². The van der Waals surface area contributed by atoms with Crippen LogP contribution in [0.4, 0.5) is 5.69 Å². The van der Waals surface area contributed by atoms with Crippen molar-refractivity contribution in [1.82, 2.24) is 5.32 Å². The standard InChI is InChI=1S/C15H24N2O/c1-11(2)17-13-9-7-6-8-12(13)14(18)16-10-15(3,4)5/h6-9,11,17H,10H2,1-5H3,(H,16,18). The summed E-state index contributed by atoms with van der Waals surface area (Å²) in [6.45, 7) is 11.1. The van der Waals surface area contributed by atoms with Crippen LogP contribution in [-0.2, 0) is 0 Å². The summed E-state index contributed by atoms with van der Waals surface area (Å²) < 4.78 is 0. The zero-order valence-corrected chi connectivity index (χ0v) is 12.0. The number of carbonyl (C=O) groups is 1. The van der Waals surface area contributed by atoms with E-state index >= 15 is 0 Å². The van der Waals surface area contributed by atoms with Crippen LogP contribution in [0.15, 0.2) is 24.3 Å². The first-order chi connectivity index (χ1) is 8.29. The highest BCUT2D eigenvalue weighted by molar-refractivity contribution is 5.99. The minimum Gasteiger partial charge on any atom is -0.382 e. The van der Waals surface area contributed by atoms with Crippen molar-refractivity contribution in [3.8, 4) is 0 Å². The van der Waals surface area contributed by atoms with Gasteiger partial charge < -0.3 is 10.6 Å². The van der Waals surface area contributed by atoms with Gasteiger partial charge in [0.15, 0.2) is 0 Å². The minimum atomic E-state index is -0.0197. The van der Waals surface area contributed by atoms with Crippen LogP contribution in [0, 0.1) is 5.41 Å². The Morgan fingerprint density at radius 1 is 1.22 bits per heavy atom. The molecule has 18 heavy (non-hydrogen) atoms. The quantitative estimate of drug-likeness (QED) is 0.858. The molecule has 0 aromatic heterocycles. The Morgan fingerprint density at radius 3 is 2.39 bits per heavy atom. The maximum absolute atomic E-state index is 12.1. The summed E-state index contributed by atoms with van der Waals surface area (Å²) >= 11 is 0. The average Bonchev–Trinajstić information content (AvgIpc) is 2.25. The molecule has 0 aliphatic carbocycles. The van der Waals surface area contributed by atoms with Crippen molar-refractivity contribution in [2.24, 2.45) is 5.41 Å². The number of rotatable bonds is 4. The highest BCUT2D eigenvalue weighted by atomic mass is 16.1. The first-order valence-electron chi connectivity index (χ1n) is 6.43. The Balaban J connectivity index is 2.79. The van der Waals surface area contributed by atoms with Gasteiger partial charge in [-0.15, -0.1) is 0 Å². The molecule has 3 nitrogen and oxygen atoms in total. The van der Waals surface area contributed by atoms with Crippen molar-refractivity contribution in [1.29, 1.82) is 0 Å². The van der Waals surface area contributed by atoms with Gasteiger partial charge in [0.05, 0.1) is 5.56 Å². The summed E-state index contributed by atoms with van der Waals surface area (Å²) in [4.78, 5) is 12.1. The van der Waals surface area contributed by atoms with Gasteiger partial charge in [-0.1, -0.05) is 32.9 Å². The Bertz CT molecular complexity index is 405. The molecular weight excluding hydrogens is 224 g/mol. The second-order valence-corrected chi connectivity index (χ2v) is 6.09. The summed E-state index contributed by atoms with van der Waals surface area (Å²) in [5, 5.41) is 6.26. The number of amides is 1. The molecule has 0 spiro atoms. The maximum atomic E-state index is 12.1. The molecule has 0 atom stereocenters. The van der Waals surface area contributed by atoms with Gasteiger partial charge in [-0.2, -0.15) is 0 Å². The SMILES string of the molecule is CC(C)Nc1ccccc1C(=O)NCC(C)(C)C. The van der Waals surface area contributed by atoms with E-state index < -0.39 is 0 Å². The summed E-state index contributed by atoms with van der Waals surface area (Å²) in [5.41, 5.74) is 1.69. The normalized spacial score (nSPS) is 11.4. The van der Waals surface area contributed by atoms with Crippen molar-refractivity contribution in [3.63, 3.8) is 0 Å². The highest BCUT2D eigenvalue weighted by Gasteiger charge is 2.15. The number of hydrogen-bond donors (Lipinski definition) is 2. The van der Waals surface area contributed by atoms with E-state index in [1.165, 1.54) is 0 Å². The van der Waals surface area contributed by atoms with E-state index in [1.54, 1.807) is 0 Å². The number of benzene rings is 1. The summed E-state index contributed by atoms with van der Waals surface area (Å²) in [6.07, 6.45) is 0. The van der Waals surface area contributed by atoms with Gasteiger partial charge >= 0.3 is 0 Å². The van der Waals surface area contributed by atoms with Crippen LogP contribution < -0.4 is 10.6 Å². The van der Waals surface area contributed by atoms with Crippen LogP contribution in [0.2, 0.25) is 0 Å². The van der Waals surface area contributed by atoms with Gasteiger partial charge in [-0.05, 0) is 31.4 Å². The van der Waals surface area contributed by atoms with E-state index in [-0.39, 0.29) is 11.3 Å². The van der Waals surface area contributed by atoms with Crippen LogP contribution in [0.5, 0.6) is 0 Å². The lowest BCUT2D eigenvalue weighted by molar-refractivity contribution is 0.0940. The number of hydrogen-bond acceptors (Lipinski definition) is 2.